The Morgan fingerprint density at radius 3 is 2.43 bits per heavy atom. The number of ether oxygens (including phenoxy) is 2. The van der Waals surface area contributed by atoms with Crippen LogP contribution in [-0.4, -0.2) is 52.7 Å². The van der Waals surface area contributed by atoms with E-state index in [0.29, 0.717) is 38.7 Å². The summed E-state index contributed by atoms with van der Waals surface area (Å²) >= 11 is 0. The topological polar surface area (TPSA) is 81.9 Å². The van der Waals surface area contributed by atoms with Gasteiger partial charge in [-0.15, -0.1) is 0 Å². The van der Waals surface area contributed by atoms with E-state index in [9.17, 15) is 8.42 Å². The number of likely N-dealkylation sites (N-methyl/N-ethyl adjacent to an activating group) is 1. The lowest BCUT2D eigenvalue weighted by molar-refractivity contribution is 0.138. The molecule has 0 saturated heterocycles. The molecule has 7 heteroatoms. The summed E-state index contributed by atoms with van der Waals surface area (Å²) in [6, 6.07) is 6.40. The van der Waals surface area contributed by atoms with Crippen molar-refractivity contribution in [2.24, 2.45) is 5.73 Å². The molecule has 0 fully saturated rings. The van der Waals surface area contributed by atoms with Crippen LogP contribution >= 0.6 is 0 Å². The summed E-state index contributed by atoms with van der Waals surface area (Å²) in [6.45, 7) is 4.24. The van der Waals surface area contributed by atoms with Crippen LogP contribution in [0.1, 0.15) is 13.3 Å². The second-order valence-electron chi connectivity index (χ2n) is 4.49. The zero-order chi connectivity index (χ0) is 15.7. The largest absolute Gasteiger partial charge is 0.494 e. The van der Waals surface area contributed by atoms with Gasteiger partial charge in [0.2, 0.25) is 10.0 Å². The van der Waals surface area contributed by atoms with Gasteiger partial charge in [-0.25, -0.2) is 8.42 Å². The second-order valence-corrected chi connectivity index (χ2v) is 6.53. The Balaban J connectivity index is 2.66. The van der Waals surface area contributed by atoms with Gasteiger partial charge in [0.25, 0.3) is 0 Å². The van der Waals surface area contributed by atoms with Crippen LogP contribution in [0.2, 0.25) is 0 Å². The maximum atomic E-state index is 12.3. The van der Waals surface area contributed by atoms with Crippen LogP contribution in [0, 0.1) is 0 Å². The second kappa shape index (κ2) is 8.99. The monoisotopic (exact) mass is 316 g/mol. The van der Waals surface area contributed by atoms with Crippen molar-refractivity contribution in [3.63, 3.8) is 0 Å². The first-order valence-electron chi connectivity index (χ1n) is 6.99. The van der Waals surface area contributed by atoms with E-state index in [4.69, 9.17) is 15.2 Å². The van der Waals surface area contributed by atoms with Gasteiger partial charge >= 0.3 is 0 Å². The number of nitrogens with zero attached hydrogens (tertiary/aromatic N) is 1. The van der Waals surface area contributed by atoms with E-state index in [1.807, 2.05) is 6.92 Å². The molecule has 0 amide bonds. The highest BCUT2D eigenvalue weighted by atomic mass is 32.2. The van der Waals surface area contributed by atoms with Crippen molar-refractivity contribution in [3.8, 4) is 5.75 Å². The van der Waals surface area contributed by atoms with E-state index in [0.717, 1.165) is 6.42 Å². The Bertz CT molecular complexity index is 502. The molecule has 0 aliphatic carbocycles. The fourth-order valence-corrected chi connectivity index (χ4v) is 2.77. The molecule has 21 heavy (non-hydrogen) atoms. The molecule has 0 heterocycles. The van der Waals surface area contributed by atoms with Crippen LogP contribution in [0.4, 0.5) is 0 Å². The Kier molecular flexibility index (Phi) is 7.66. The van der Waals surface area contributed by atoms with Gasteiger partial charge in [-0.3, -0.25) is 0 Å². The van der Waals surface area contributed by atoms with Gasteiger partial charge in [-0.2, -0.15) is 4.31 Å². The Morgan fingerprint density at radius 2 is 1.86 bits per heavy atom. The fraction of sp³-hybridized carbons (Fsp3) is 0.571. The van der Waals surface area contributed by atoms with Gasteiger partial charge < -0.3 is 15.2 Å². The highest BCUT2D eigenvalue weighted by molar-refractivity contribution is 7.89. The van der Waals surface area contributed by atoms with E-state index in [2.05, 4.69) is 0 Å². The molecule has 1 aromatic rings. The first-order valence-corrected chi connectivity index (χ1v) is 8.43. The van der Waals surface area contributed by atoms with Crippen LogP contribution in [0.25, 0.3) is 0 Å². The lowest BCUT2D eigenvalue weighted by Gasteiger charge is -2.17. The van der Waals surface area contributed by atoms with Crippen LogP contribution in [0.15, 0.2) is 29.2 Å². The molecule has 6 nitrogen and oxygen atoms in total. The molecule has 0 aromatic heterocycles. The number of benzene rings is 1. The molecule has 0 atom stereocenters. The minimum atomic E-state index is -3.48. The minimum absolute atomic E-state index is 0.243. The van der Waals surface area contributed by atoms with Crippen molar-refractivity contribution >= 4 is 10.0 Å². The highest BCUT2D eigenvalue weighted by Crippen LogP contribution is 2.18. The van der Waals surface area contributed by atoms with Crippen molar-refractivity contribution in [2.75, 3.05) is 40.0 Å². The third-order valence-corrected chi connectivity index (χ3v) is 4.77. The summed E-state index contributed by atoms with van der Waals surface area (Å²) < 4.78 is 36.5. The summed E-state index contributed by atoms with van der Waals surface area (Å²) in [5.74, 6) is 0.638. The molecule has 2 N–H and O–H groups in total. The van der Waals surface area contributed by atoms with Crippen molar-refractivity contribution in [1.82, 2.24) is 4.31 Å². The van der Waals surface area contributed by atoms with Crippen LogP contribution in [-0.2, 0) is 14.8 Å². The molecule has 0 spiro atoms. The third-order valence-electron chi connectivity index (χ3n) is 2.90. The molecule has 120 valence electrons. The molecule has 0 aliphatic heterocycles. The van der Waals surface area contributed by atoms with Gasteiger partial charge in [0.05, 0.1) is 18.1 Å². The van der Waals surface area contributed by atoms with E-state index in [1.54, 1.807) is 31.3 Å². The Labute approximate surface area is 126 Å². The quantitative estimate of drug-likeness (QED) is 0.653. The number of sulfonamides is 1. The molecule has 0 aliphatic rings. The normalized spacial score (nSPS) is 11.8. The number of rotatable bonds is 10. The minimum Gasteiger partial charge on any atom is -0.494 e. The molecule has 0 bridgehead atoms. The van der Waals surface area contributed by atoms with E-state index in [-0.39, 0.29) is 4.90 Å². The average Bonchev–Trinajstić information content (AvgIpc) is 2.48. The van der Waals surface area contributed by atoms with Crippen molar-refractivity contribution < 1.29 is 17.9 Å². The Hall–Kier alpha value is -1.15. The summed E-state index contributed by atoms with van der Waals surface area (Å²) in [5.41, 5.74) is 5.38. The van der Waals surface area contributed by atoms with Gasteiger partial charge in [0, 0.05) is 20.2 Å². The summed E-state index contributed by atoms with van der Waals surface area (Å²) in [4.78, 5) is 0.243. The fourth-order valence-electron chi connectivity index (χ4n) is 1.62. The van der Waals surface area contributed by atoms with Crippen molar-refractivity contribution in [1.29, 1.82) is 0 Å². The van der Waals surface area contributed by atoms with Gasteiger partial charge in [-0.1, -0.05) is 0 Å². The number of hydrogen-bond donors (Lipinski definition) is 1. The molecule has 1 rings (SSSR count). The lowest BCUT2D eigenvalue weighted by Crippen LogP contribution is -2.30. The van der Waals surface area contributed by atoms with Gasteiger partial charge in [0.15, 0.2) is 0 Å². The maximum absolute atomic E-state index is 12.3. The molecule has 0 saturated carbocycles. The maximum Gasteiger partial charge on any atom is 0.242 e. The SMILES string of the molecule is CCOCCN(C)S(=O)(=O)c1ccc(OCCCN)cc1. The summed E-state index contributed by atoms with van der Waals surface area (Å²) in [6.07, 6.45) is 0.764. The number of nitrogens with two attached hydrogens (primary N) is 1. The average molecular weight is 316 g/mol. The zero-order valence-corrected chi connectivity index (χ0v) is 13.4. The summed E-state index contributed by atoms with van der Waals surface area (Å²) in [5, 5.41) is 0. The third kappa shape index (κ3) is 5.62. The first kappa shape index (κ1) is 17.9. The van der Waals surface area contributed by atoms with E-state index in [1.165, 1.54) is 4.31 Å². The predicted molar refractivity (Wildman–Crippen MR) is 81.9 cm³/mol. The predicted octanol–water partition coefficient (Wildman–Crippen LogP) is 1.07. The van der Waals surface area contributed by atoms with Crippen LogP contribution in [0.5, 0.6) is 5.75 Å². The number of hydrogen-bond acceptors (Lipinski definition) is 5. The Morgan fingerprint density at radius 1 is 1.19 bits per heavy atom. The lowest BCUT2D eigenvalue weighted by atomic mass is 10.3. The standard InChI is InChI=1S/C14H24N2O4S/c1-3-19-12-10-16(2)21(17,18)14-7-5-13(6-8-14)20-11-4-9-15/h5-8H,3-4,9-12,15H2,1-2H3. The first-order chi connectivity index (χ1) is 10.0. The molecule has 1 aromatic carbocycles. The molecule has 0 radical (unpaired) electrons. The van der Waals surface area contributed by atoms with Gasteiger partial charge in [0.1, 0.15) is 5.75 Å². The smallest absolute Gasteiger partial charge is 0.242 e. The van der Waals surface area contributed by atoms with Crippen molar-refractivity contribution in [2.45, 2.75) is 18.2 Å². The molecular weight excluding hydrogens is 292 g/mol. The van der Waals surface area contributed by atoms with Gasteiger partial charge in [-0.05, 0) is 44.2 Å². The van der Waals surface area contributed by atoms with Crippen LogP contribution in [0.3, 0.4) is 0 Å². The molecule has 0 unspecified atom stereocenters. The van der Waals surface area contributed by atoms with Crippen LogP contribution < -0.4 is 10.5 Å². The van der Waals surface area contributed by atoms with E-state index < -0.39 is 10.0 Å². The van der Waals surface area contributed by atoms with Crippen molar-refractivity contribution in [3.05, 3.63) is 24.3 Å². The molecular formula is C14H24N2O4S. The zero-order valence-electron chi connectivity index (χ0n) is 12.6. The highest BCUT2D eigenvalue weighted by Gasteiger charge is 2.20. The van der Waals surface area contributed by atoms with E-state index >= 15 is 0 Å². The summed E-state index contributed by atoms with van der Waals surface area (Å²) in [7, 11) is -1.94.